The number of guanidine groups is 1. The molecule has 1 amide bonds. The van der Waals surface area contributed by atoms with Crippen molar-refractivity contribution in [3.8, 4) is 0 Å². The van der Waals surface area contributed by atoms with Crippen LogP contribution in [-0.4, -0.2) is 30.2 Å². The Balaban J connectivity index is 0.00000625. The minimum Gasteiger partial charge on any atom is -0.444 e. The highest BCUT2D eigenvalue weighted by atomic mass is 127. The minimum atomic E-state index is -0.528. The van der Waals surface area contributed by atoms with Crippen molar-refractivity contribution in [1.82, 2.24) is 5.32 Å². The Labute approximate surface area is 174 Å². The fraction of sp³-hybridized carbons (Fsp3) is 0.579. The molecular weight excluding hydrogens is 443 g/mol. The molecule has 148 valence electrons. The van der Waals surface area contributed by atoms with Gasteiger partial charge in [-0.1, -0.05) is 32.9 Å². The van der Waals surface area contributed by atoms with Crippen LogP contribution in [0.2, 0.25) is 0 Å². The number of carbonyl (C=O) groups is 1. The lowest BCUT2D eigenvalue weighted by molar-refractivity contribution is 0.0493. The fourth-order valence-corrected chi connectivity index (χ4v) is 2.09. The van der Waals surface area contributed by atoms with Gasteiger partial charge in [0.2, 0.25) is 0 Å². The number of aryl methyl sites for hydroxylation is 1. The van der Waals surface area contributed by atoms with E-state index in [9.17, 15) is 4.79 Å². The summed E-state index contributed by atoms with van der Waals surface area (Å²) in [6.45, 7) is 12.0. The number of rotatable bonds is 6. The average molecular weight is 476 g/mol. The molecule has 0 fully saturated rings. The molecule has 0 bridgehead atoms. The smallest absolute Gasteiger partial charge is 0.407 e. The molecular formula is C19H33IN4O2. The van der Waals surface area contributed by atoms with E-state index in [1.54, 1.807) is 0 Å². The number of aliphatic imine (C=N–C) groups is 1. The standard InChI is InChI=1S/C19H32N4O2.HI/c1-7-14-8-10-15(11-9-14)22-17(20)21-12-16(13(2)3)23-18(24)25-19(4,5)6;/h8-11,13,16H,7,12H2,1-6H3,(H,23,24)(H3,20,21,22);1H. The van der Waals surface area contributed by atoms with Gasteiger partial charge in [-0.05, 0) is 50.8 Å². The molecule has 7 heteroatoms. The molecule has 0 spiro atoms. The number of halogens is 1. The van der Waals surface area contributed by atoms with Crippen LogP contribution >= 0.6 is 24.0 Å². The second-order valence-electron chi connectivity index (χ2n) is 7.40. The molecule has 0 saturated carbocycles. The average Bonchev–Trinajstić information content (AvgIpc) is 2.50. The summed E-state index contributed by atoms with van der Waals surface area (Å²) in [5, 5.41) is 5.92. The van der Waals surface area contributed by atoms with Crippen molar-refractivity contribution in [1.29, 1.82) is 0 Å². The summed E-state index contributed by atoms with van der Waals surface area (Å²) in [5.41, 5.74) is 7.58. The van der Waals surface area contributed by atoms with Crippen LogP contribution in [0.15, 0.2) is 29.3 Å². The summed E-state index contributed by atoms with van der Waals surface area (Å²) in [5.74, 6) is 0.522. The number of amides is 1. The number of benzene rings is 1. The molecule has 0 aliphatic rings. The van der Waals surface area contributed by atoms with Gasteiger partial charge in [0.05, 0.1) is 12.6 Å². The van der Waals surface area contributed by atoms with Crippen LogP contribution in [0.25, 0.3) is 0 Å². The van der Waals surface area contributed by atoms with Crippen LogP contribution in [-0.2, 0) is 11.2 Å². The monoisotopic (exact) mass is 476 g/mol. The molecule has 0 aromatic heterocycles. The molecule has 0 heterocycles. The van der Waals surface area contributed by atoms with Gasteiger partial charge < -0.3 is 21.1 Å². The normalized spacial score (nSPS) is 13.0. The zero-order chi connectivity index (χ0) is 19.0. The predicted octanol–water partition coefficient (Wildman–Crippen LogP) is 4.14. The maximum Gasteiger partial charge on any atom is 0.407 e. The molecule has 0 aliphatic heterocycles. The van der Waals surface area contributed by atoms with Gasteiger partial charge in [0.25, 0.3) is 0 Å². The van der Waals surface area contributed by atoms with E-state index in [1.165, 1.54) is 5.56 Å². The van der Waals surface area contributed by atoms with Crippen LogP contribution in [0.5, 0.6) is 0 Å². The number of anilines is 1. The first-order valence-electron chi connectivity index (χ1n) is 8.76. The Bertz CT molecular complexity index is 580. The van der Waals surface area contributed by atoms with Crippen molar-refractivity contribution >= 4 is 41.7 Å². The predicted molar refractivity (Wildman–Crippen MR) is 119 cm³/mol. The highest BCUT2D eigenvalue weighted by Crippen LogP contribution is 2.11. The summed E-state index contributed by atoms with van der Waals surface area (Å²) in [4.78, 5) is 16.3. The van der Waals surface area contributed by atoms with E-state index in [0.29, 0.717) is 12.5 Å². The van der Waals surface area contributed by atoms with Crippen LogP contribution in [0.3, 0.4) is 0 Å². The van der Waals surface area contributed by atoms with Crippen LogP contribution < -0.4 is 16.4 Å². The Morgan fingerprint density at radius 3 is 2.27 bits per heavy atom. The molecule has 0 aliphatic carbocycles. The zero-order valence-electron chi connectivity index (χ0n) is 16.6. The third-order valence-electron chi connectivity index (χ3n) is 3.60. The van der Waals surface area contributed by atoms with Gasteiger partial charge in [0.15, 0.2) is 5.96 Å². The number of carbonyl (C=O) groups excluding carboxylic acids is 1. The quantitative estimate of drug-likeness (QED) is 0.327. The maximum absolute atomic E-state index is 11.9. The van der Waals surface area contributed by atoms with E-state index in [0.717, 1.165) is 12.1 Å². The van der Waals surface area contributed by atoms with Crippen molar-refractivity contribution < 1.29 is 9.53 Å². The van der Waals surface area contributed by atoms with E-state index in [1.807, 2.05) is 46.8 Å². The molecule has 1 unspecified atom stereocenters. The zero-order valence-corrected chi connectivity index (χ0v) is 19.0. The van der Waals surface area contributed by atoms with Gasteiger partial charge in [-0.15, -0.1) is 24.0 Å². The van der Waals surface area contributed by atoms with E-state index in [2.05, 4.69) is 34.7 Å². The van der Waals surface area contributed by atoms with Crippen molar-refractivity contribution in [2.75, 3.05) is 11.9 Å². The largest absolute Gasteiger partial charge is 0.444 e. The Morgan fingerprint density at radius 2 is 1.81 bits per heavy atom. The SMILES string of the molecule is CCc1ccc(NC(N)=NCC(NC(=O)OC(C)(C)C)C(C)C)cc1.I. The molecule has 1 aromatic rings. The van der Waals surface area contributed by atoms with Crippen molar-refractivity contribution in [2.24, 2.45) is 16.6 Å². The summed E-state index contributed by atoms with van der Waals surface area (Å²) in [6, 6.07) is 7.89. The number of hydrogen-bond donors (Lipinski definition) is 3. The van der Waals surface area contributed by atoms with Gasteiger partial charge >= 0.3 is 6.09 Å². The van der Waals surface area contributed by atoms with Crippen LogP contribution in [0, 0.1) is 5.92 Å². The minimum absolute atomic E-state index is 0. The first kappa shape index (κ1) is 24.5. The molecule has 1 atom stereocenters. The third-order valence-corrected chi connectivity index (χ3v) is 3.60. The van der Waals surface area contributed by atoms with E-state index >= 15 is 0 Å². The van der Waals surface area contributed by atoms with Gasteiger partial charge in [-0.25, -0.2) is 4.79 Å². The van der Waals surface area contributed by atoms with Crippen LogP contribution in [0.1, 0.15) is 47.1 Å². The molecule has 1 rings (SSSR count). The number of ether oxygens (including phenoxy) is 1. The molecule has 1 aromatic carbocycles. The summed E-state index contributed by atoms with van der Waals surface area (Å²) < 4.78 is 5.30. The number of hydrogen-bond acceptors (Lipinski definition) is 3. The summed E-state index contributed by atoms with van der Waals surface area (Å²) in [7, 11) is 0. The van der Waals surface area contributed by atoms with Crippen molar-refractivity contribution in [3.63, 3.8) is 0 Å². The van der Waals surface area contributed by atoms with Gasteiger partial charge in [-0.2, -0.15) is 0 Å². The Hall–Kier alpha value is -1.51. The second kappa shape index (κ2) is 11.3. The molecule has 4 N–H and O–H groups in total. The third kappa shape index (κ3) is 9.84. The van der Waals surface area contributed by atoms with Gasteiger partial charge in [0, 0.05) is 5.69 Å². The van der Waals surface area contributed by atoms with Gasteiger partial charge in [-0.3, -0.25) is 4.99 Å². The Kier molecular flexibility index (Phi) is 10.6. The summed E-state index contributed by atoms with van der Waals surface area (Å²) >= 11 is 0. The topological polar surface area (TPSA) is 88.7 Å². The highest BCUT2D eigenvalue weighted by molar-refractivity contribution is 14.0. The number of nitrogens with two attached hydrogens (primary N) is 1. The van der Waals surface area contributed by atoms with Gasteiger partial charge in [0.1, 0.15) is 5.60 Å². The lowest BCUT2D eigenvalue weighted by Crippen LogP contribution is -2.44. The number of alkyl carbamates (subject to hydrolysis) is 1. The Morgan fingerprint density at radius 1 is 1.23 bits per heavy atom. The molecule has 0 radical (unpaired) electrons. The highest BCUT2D eigenvalue weighted by Gasteiger charge is 2.21. The summed E-state index contributed by atoms with van der Waals surface area (Å²) in [6.07, 6.45) is 0.555. The number of nitrogens with zero attached hydrogens (tertiary/aromatic N) is 1. The van der Waals surface area contributed by atoms with Crippen molar-refractivity contribution in [3.05, 3.63) is 29.8 Å². The van der Waals surface area contributed by atoms with E-state index in [4.69, 9.17) is 10.5 Å². The number of nitrogens with one attached hydrogen (secondary N) is 2. The van der Waals surface area contributed by atoms with Crippen LogP contribution in [0.4, 0.5) is 10.5 Å². The van der Waals surface area contributed by atoms with E-state index < -0.39 is 11.7 Å². The first-order chi connectivity index (χ1) is 11.6. The molecule has 6 nitrogen and oxygen atoms in total. The van der Waals surface area contributed by atoms with E-state index in [-0.39, 0.29) is 35.9 Å². The lowest BCUT2D eigenvalue weighted by atomic mass is 10.1. The molecule has 0 saturated heterocycles. The fourth-order valence-electron chi connectivity index (χ4n) is 2.09. The first-order valence-corrected chi connectivity index (χ1v) is 8.76. The van der Waals surface area contributed by atoms with Crippen molar-refractivity contribution in [2.45, 2.75) is 59.6 Å². The molecule has 26 heavy (non-hydrogen) atoms. The second-order valence-corrected chi connectivity index (χ2v) is 7.40. The lowest BCUT2D eigenvalue weighted by Gasteiger charge is -2.25. The maximum atomic E-state index is 11.9.